The number of sulfone groups is 1. The first-order chi connectivity index (χ1) is 9.03. The molecule has 1 unspecified atom stereocenters. The van der Waals surface area contributed by atoms with E-state index in [1.807, 2.05) is 6.92 Å². The summed E-state index contributed by atoms with van der Waals surface area (Å²) in [5.74, 6) is 0.497. The molecular weight excluding hydrogens is 266 g/mol. The first-order valence-electron chi connectivity index (χ1n) is 6.83. The molecule has 2 aliphatic rings. The van der Waals surface area contributed by atoms with Crippen LogP contribution in [-0.4, -0.2) is 62.2 Å². The van der Waals surface area contributed by atoms with Gasteiger partial charge >= 0.3 is 0 Å². The highest BCUT2D eigenvalue weighted by molar-refractivity contribution is 7.91. The summed E-state index contributed by atoms with van der Waals surface area (Å²) in [6.07, 6.45) is 2.52. The van der Waals surface area contributed by atoms with Crippen molar-refractivity contribution >= 4 is 21.6 Å². The molecule has 0 radical (unpaired) electrons. The van der Waals surface area contributed by atoms with E-state index in [-0.39, 0.29) is 23.5 Å². The number of carbonyl (C=O) groups is 1. The van der Waals surface area contributed by atoms with Crippen molar-refractivity contribution in [2.75, 3.05) is 31.1 Å². The highest BCUT2D eigenvalue weighted by Crippen LogP contribution is 2.18. The number of nitrogens with zero attached hydrogens (tertiary/aromatic N) is 2. The van der Waals surface area contributed by atoms with Crippen molar-refractivity contribution < 1.29 is 13.2 Å². The first-order valence-corrected chi connectivity index (χ1v) is 8.65. The highest BCUT2D eigenvalue weighted by Gasteiger charge is 2.35. The quantitative estimate of drug-likeness (QED) is 0.780. The smallest absolute Gasteiger partial charge is 0.289 e. The monoisotopic (exact) mass is 287 g/mol. The molecule has 2 rings (SSSR count). The summed E-state index contributed by atoms with van der Waals surface area (Å²) in [7, 11) is -2.98. The fraction of sp³-hybridized carbons (Fsp3) is 0.833. The third kappa shape index (κ3) is 3.46. The number of carbonyl (C=O) groups excluding carboxylic acids is 1. The molecule has 1 amide bonds. The molecule has 6 nitrogen and oxygen atoms in total. The molecule has 108 valence electrons. The van der Waals surface area contributed by atoms with Crippen LogP contribution < -0.4 is 5.32 Å². The van der Waals surface area contributed by atoms with Gasteiger partial charge in [0.25, 0.3) is 5.91 Å². The number of hydrogen-bond donors (Lipinski definition) is 1. The Labute approximate surface area is 114 Å². The van der Waals surface area contributed by atoms with Gasteiger partial charge in [-0.25, -0.2) is 8.42 Å². The van der Waals surface area contributed by atoms with Gasteiger partial charge in [0.15, 0.2) is 15.7 Å². The van der Waals surface area contributed by atoms with Crippen LogP contribution >= 0.6 is 0 Å². The van der Waals surface area contributed by atoms with E-state index in [9.17, 15) is 13.2 Å². The van der Waals surface area contributed by atoms with Crippen LogP contribution in [0.2, 0.25) is 0 Å². The van der Waals surface area contributed by atoms with Crippen molar-refractivity contribution in [3.05, 3.63) is 0 Å². The average molecular weight is 287 g/mol. The minimum Gasteiger partial charge on any atom is -0.366 e. The van der Waals surface area contributed by atoms with Gasteiger partial charge in [-0.3, -0.25) is 9.79 Å². The van der Waals surface area contributed by atoms with Crippen LogP contribution in [0, 0.1) is 0 Å². The van der Waals surface area contributed by atoms with Crippen LogP contribution in [0.1, 0.15) is 26.2 Å². The maximum atomic E-state index is 12.4. The Hall–Kier alpha value is -1.11. The summed E-state index contributed by atoms with van der Waals surface area (Å²) >= 11 is 0. The molecule has 0 aliphatic carbocycles. The number of likely N-dealkylation sites (N-methyl/N-ethyl adjacent to an activating group) is 1. The lowest BCUT2D eigenvalue weighted by atomic mass is 10.2. The second kappa shape index (κ2) is 5.90. The van der Waals surface area contributed by atoms with Crippen molar-refractivity contribution in [1.29, 1.82) is 0 Å². The number of rotatable bonds is 3. The van der Waals surface area contributed by atoms with Gasteiger partial charge in [0.05, 0.1) is 11.5 Å². The van der Waals surface area contributed by atoms with Crippen molar-refractivity contribution in [3.63, 3.8) is 0 Å². The molecule has 0 aromatic rings. The van der Waals surface area contributed by atoms with E-state index in [2.05, 4.69) is 10.3 Å². The molecule has 1 N–H and O–H groups in total. The number of aliphatic imine (C=N–C) groups is 1. The molecule has 0 bridgehead atoms. The highest BCUT2D eigenvalue weighted by atomic mass is 32.2. The molecule has 0 saturated carbocycles. The standard InChI is InChI=1S/C12H21N3O3S/c1-2-15(10-5-8-19(17,18)9-10)12(16)11-13-6-3-4-7-14-11/h10H,2-9H2,1H3,(H,13,14). The number of hydrogen-bond acceptors (Lipinski definition) is 5. The summed E-state index contributed by atoms with van der Waals surface area (Å²) in [5.41, 5.74) is 0. The topological polar surface area (TPSA) is 78.8 Å². The summed E-state index contributed by atoms with van der Waals surface area (Å²) < 4.78 is 23.1. The van der Waals surface area contributed by atoms with Crippen molar-refractivity contribution in [2.45, 2.75) is 32.2 Å². The number of nitrogens with one attached hydrogen (secondary N) is 1. The molecule has 0 aromatic heterocycles. The predicted molar refractivity (Wildman–Crippen MR) is 74.0 cm³/mol. The molecule has 0 spiro atoms. The van der Waals surface area contributed by atoms with Crippen LogP contribution in [0.4, 0.5) is 0 Å². The van der Waals surface area contributed by atoms with Gasteiger partial charge in [0.2, 0.25) is 0 Å². The van der Waals surface area contributed by atoms with Crippen LogP contribution in [0.5, 0.6) is 0 Å². The Morgan fingerprint density at radius 2 is 2.26 bits per heavy atom. The van der Waals surface area contributed by atoms with Gasteiger partial charge in [0.1, 0.15) is 0 Å². The summed E-state index contributed by atoms with van der Waals surface area (Å²) in [6.45, 7) is 3.81. The van der Waals surface area contributed by atoms with E-state index in [0.29, 0.717) is 25.3 Å². The first kappa shape index (κ1) is 14.3. The predicted octanol–water partition coefficient (Wildman–Crippen LogP) is -0.196. The van der Waals surface area contributed by atoms with Gasteiger partial charge in [-0.05, 0) is 26.2 Å². The molecule has 1 saturated heterocycles. The minimum atomic E-state index is -2.98. The maximum Gasteiger partial charge on any atom is 0.289 e. The molecule has 2 aliphatic heterocycles. The van der Waals surface area contributed by atoms with Gasteiger partial charge in [-0.1, -0.05) is 0 Å². The van der Waals surface area contributed by atoms with E-state index in [0.717, 1.165) is 19.4 Å². The van der Waals surface area contributed by atoms with Gasteiger partial charge in [-0.2, -0.15) is 0 Å². The summed E-state index contributed by atoms with van der Waals surface area (Å²) in [6, 6.07) is -0.199. The number of amidine groups is 1. The lowest BCUT2D eigenvalue weighted by Crippen LogP contribution is -2.48. The van der Waals surface area contributed by atoms with Crippen LogP contribution in [0.25, 0.3) is 0 Å². The fourth-order valence-corrected chi connectivity index (χ4v) is 4.29. The third-order valence-electron chi connectivity index (χ3n) is 3.60. The number of amides is 1. The third-order valence-corrected chi connectivity index (χ3v) is 5.35. The molecule has 1 atom stereocenters. The zero-order chi connectivity index (χ0) is 13.9. The van der Waals surface area contributed by atoms with Gasteiger partial charge < -0.3 is 10.2 Å². The zero-order valence-electron chi connectivity index (χ0n) is 11.3. The van der Waals surface area contributed by atoms with E-state index < -0.39 is 9.84 Å². The normalized spacial score (nSPS) is 26.2. The summed E-state index contributed by atoms with van der Waals surface area (Å²) in [4.78, 5) is 18.3. The lowest BCUT2D eigenvalue weighted by molar-refractivity contribution is -0.125. The molecule has 1 fully saturated rings. The SMILES string of the molecule is CCN(C(=O)C1=NCCCCN1)C1CCS(=O)(=O)C1. The van der Waals surface area contributed by atoms with E-state index in [1.165, 1.54) is 0 Å². The van der Waals surface area contributed by atoms with E-state index in [4.69, 9.17) is 0 Å². The van der Waals surface area contributed by atoms with Crippen molar-refractivity contribution in [2.24, 2.45) is 4.99 Å². The lowest BCUT2D eigenvalue weighted by Gasteiger charge is -2.27. The summed E-state index contributed by atoms with van der Waals surface area (Å²) in [5, 5.41) is 3.05. The van der Waals surface area contributed by atoms with Gasteiger partial charge in [0, 0.05) is 25.7 Å². The van der Waals surface area contributed by atoms with E-state index >= 15 is 0 Å². The molecular formula is C12H21N3O3S. The molecule has 19 heavy (non-hydrogen) atoms. The molecule has 7 heteroatoms. The second-order valence-corrected chi connectivity index (χ2v) is 7.24. The van der Waals surface area contributed by atoms with E-state index in [1.54, 1.807) is 4.90 Å². The minimum absolute atomic E-state index is 0.0832. The van der Waals surface area contributed by atoms with Crippen molar-refractivity contribution in [3.8, 4) is 0 Å². The fourth-order valence-electron chi connectivity index (χ4n) is 2.56. The molecule has 0 aromatic carbocycles. The second-order valence-electron chi connectivity index (χ2n) is 5.01. The van der Waals surface area contributed by atoms with Crippen LogP contribution in [0.3, 0.4) is 0 Å². The van der Waals surface area contributed by atoms with Gasteiger partial charge in [-0.15, -0.1) is 0 Å². The maximum absolute atomic E-state index is 12.4. The Morgan fingerprint density at radius 1 is 1.47 bits per heavy atom. The van der Waals surface area contributed by atoms with Crippen LogP contribution in [0.15, 0.2) is 4.99 Å². The zero-order valence-corrected chi connectivity index (χ0v) is 12.1. The Morgan fingerprint density at radius 3 is 2.89 bits per heavy atom. The average Bonchev–Trinajstić information content (AvgIpc) is 2.59. The molecule has 2 heterocycles. The van der Waals surface area contributed by atoms with Crippen LogP contribution in [-0.2, 0) is 14.6 Å². The Bertz CT molecular complexity index is 473. The largest absolute Gasteiger partial charge is 0.366 e. The Balaban J connectivity index is 2.09. The Kier molecular flexibility index (Phi) is 4.44. The van der Waals surface area contributed by atoms with Crippen molar-refractivity contribution in [1.82, 2.24) is 10.2 Å².